The number of fused-ring (bicyclic) bond motifs is 2. The summed E-state index contributed by atoms with van der Waals surface area (Å²) in [6, 6.07) is 10.5. The number of nitrogens with zero attached hydrogens (tertiary/aromatic N) is 4. The number of likely N-dealkylation sites (tertiary alicyclic amines) is 2. The summed E-state index contributed by atoms with van der Waals surface area (Å²) in [7, 11) is 0. The van der Waals surface area contributed by atoms with Gasteiger partial charge in [0.2, 0.25) is 11.8 Å². The summed E-state index contributed by atoms with van der Waals surface area (Å²) in [6.45, 7) is 6.52. The van der Waals surface area contributed by atoms with Crippen LogP contribution in [0.1, 0.15) is 50.5 Å². The molecule has 2 aliphatic carbocycles. The van der Waals surface area contributed by atoms with E-state index >= 15 is 0 Å². The standard InChI is InChI=1S/C31H40N4O2/c36-28-27-11-6-17-34(27)29(37)31(35(28)26-12-18-33(22-26)21-24-8-2-1-3-9-24)14-7-16-32(19-15-31)23-30-13-5-4-10-25(30)20-30/h1-5,8-10,13,25-27H,6-7,11-12,14-23H2. The average molecular weight is 501 g/mol. The van der Waals surface area contributed by atoms with E-state index in [2.05, 4.69) is 69.3 Å². The summed E-state index contributed by atoms with van der Waals surface area (Å²) in [5.41, 5.74) is 0.959. The van der Waals surface area contributed by atoms with Crippen molar-refractivity contribution in [1.29, 1.82) is 0 Å². The molecule has 1 aromatic carbocycles. The van der Waals surface area contributed by atoms with Gasteiger partial charge in [0.05, 0.1) is 0 Å². The molecule has 1 aromatic rings. The molecule has 4 saturated heterocycles. The van der Waals surface area contributed by atoms with Crippen molar-refractivity contribution >= 4 is 11.8 Å². The lowest BCUT2D eigenvalue weighted by atomic mass is 9.82. The summed E-state index contributed by atoms with van der Waals surface area (Å²) in [5.74, 6) is 1.17. The normalized spacial score (nSPS) is 37.8. The van der Waals surface area contributed by atoms with Crippen LogP contribution in [0.2, 0.25) is 0 Å². The molecule has 5 atom stereocenters. The molecule has 37 heavy (non-hydrogen) atoms. The molecule has 2 amide bonds. The maximum absolute atomic E-state index is 14.3. The monoisotopic (exact) mass is 500 g/mol. The largest absolute Gasteiger partial charge is 0.329 e. The number of piperazine rings is 1. The summed E-state index contributed by atoms with van der Waals surface area (Å²) < 4.78 is 0. The Bertz CT molecular complexity index is 1120. The summed E-state index contributed by atoms with van der Waals surface area (Å²) in [4.78, 5) is 37.6. The number of benzene rings is 1. The highest BCUT2D eigenvalue weighted by molar-refractivity contribution is 6.00. The van der Waals surface area contributed by atoms with Gasteiger partial charge in [-0.3, -0.25) is 14.5 Å². The fraction of sp³-hybridized carbons (Fsp3) is 0.613. The van der Waals surface area contributed by atoms with Crippen molar-refractivity contribution in [1.82, 2.24) is 19.6 Å². The number of hydrogen-bond acceptors (Lipinski definition) is 4. The van der Waals surface area contributed by atoms with Gasteiger partial charge in [-0.15, -0.1) is 0 Å². The van der Waals surface area contributed by atoms with Crippen LogP contribution >= 0.6 is 0 Å². The maximum atomic E-state index is 14.3. The topological polar surface area (TPSA) is 47.1 Å². The van der Waals surface area contributed by atoms with Crippen molar-refractivity contribution in [2.45, 2.75) is 69.1 Å². The van der Waals surface area contributed by atoms with Crippen LogP contribution in [-0.2, 0) is 16.1 Å². The lowest BCUT2D eigenvalue weighted by molar-refractivity contribution is -0.173. The van der Waals surface area contributed by atoms with Crippen LogP contribution < -0.4 is 0 Å². The minimum atomic E-state index is -0.664. The molecule has 7 rings (SSSR count). The van der Waals surface area contributed by atoms with Crippen LogP contribution in [0.4, 0.5) is 0 Å². The molecule has 5 unspecified atom stereocenters. The zero-order valence-corrected chi connectivity index (χ0v) is 21.9. The maximum Gasteiger partial charge on any atom is 0.249 e. The SMILES string of the molecule is O=C1C2CCCN2C(=O)C2(CCCN(CC34C=CC=CC3C4)CC2)N1C1CCN(Cc2ccccc2)C1. The van der Waals surface area contributed by atoms with Crippen LogP contribution in [0.5, 0.6) is 0 Å². The molecule has 6 aliphatic rings. The molecule has 0 radical (unpaired) electrons. The Balaban J connectivity index is 1.12. The third-order valence-electron chi connectivity index (χ3n) is 10.2. The zero-order valence-electron chi connectivity index (χ0n) is 21.9. The highest BCUT2D eigenvalue weighted by atomic mass is 16.2. The second-order valence-electron chi connectivity index (χ2n) is 12.5. The van der Waals surface area contributed by atoms with E-state index in [4.69, 9.17) is 0 Å². The van der Waals surface area contributed by atoms with Crippen LogP contribution in [0.3, 0.4) is 0 Å². The first kappa shape index (κ1) is 23.7. The molecule has 4 aliphatic heterocycles. The predicted molar refractivity (Wildman–Crippen MR) is 144 cm³/mol. The van der Waals surface area contributed by atoms with Gasteiger partial charge in [-0.1, -0.05) is 54.6 Å². The molecule has 0 bridgehead atoms. The second kappa shape index (κ2) is 9.09. The molecule has 4 heterocycles. The van der Waals surface area contributed by atoms with Crippen LogP contribution in [-0.4, -0.2) is 88.3 Å². The summed E-state index contributed by atoms with van der Waals surface area (Å²) in [6.07, 6.45) is 15.7. The number of hydrogen-bond donors (Lipinski definition) is 0. The molecular weight excluding hydrogens is 460 g/mol. The number of rotatable bonds is 5. The highest BCUT2D eigenvalue weighted by Crippen LogP contribution is 2.57. The fourth-order valence-electron chi connectivity index (χ4n) is 8.23. The molecule has 196 valence electrons. The summed E-state index contributed by atoms with van der Waals surface area (Å²) >= 11 is 0. The van der Waals surface area contributed by atoms with Crippen molar-refractivity contribution in [2.75, 3.05) is 39.3 Å². The molecule has 1 saturated carbocycles. The lowest BCUT2D eigenvalue weighted by Gasteiger charge is -2.53. The van der Waals surface area contributed by atoms with Gasteiger partial charge in [0.15, 0.2) is 0 Å². The van der Waals surface area contributed by atoms with Crippen molar-refractivity contribution in [3.05, 3.63) is 60.2 Å². The van der Waals surface area contributed by atoms with Gasteiger partial charge in [-0.05, 0) is 63.0 Å². The Kier molecular flexibility index (Phi) is 5.81. The predicted octanol–water partition coefficient (Wildman–Crippen LogP) is 3.45. The number of carbonyl (C=O) groups is 2. The van der Waals surface area contributed by atoms with E-state index in [1.807, 2.05) is 4.90 Å². The van der Waals surface area contributed by atoms with Gasteiger partial charge < -0.3 is 14.7 Å². The average Bonchev–Trinajstić information content (AvgIpc) is 3.20. The second-order valence-corrected chi connectivity index (χ2v) is 12.5. The minimum Gasteiger partial charge on any atom is -0.329 e. The Morgan fingerprint density at radius 1 is 0.892 bits per heavy atom. The Hall–Kier alpha value is -2.44. The van der Waals surface area contributed by atoms with Gasteiger partial charge >= 0.3 is 0 Å². The van der Waals surface area contributed by atoms with Crippen LogP contribution in [0.15, 0.2) is 54.6 Å². The first-order chi connectivity index (χ1) is 18.1. The molecule has 6 nitrogen and oxygen atoms in total. The number of amides is 2. The highest BCUT2D eigenvalue weighted by Gasteiger charge is 2.60. The molecular formula is C31H40N4O2. The van der Waals surface area contributed by atoms with E-state index in [0.29, 0.717) is 11.3 Å². The fourth-order valence-corrected chi connectivity index (χ4v) is 8.23. The number of carbonyl (C=O) groups excluding carboxylic acids is 2. The van der Waals surface area contributed by atoms with Crippen molar-refractivity contribution < 1.29 is 9.59 Å². The van der Waals surface area contributed by atoms with Gasteiger partial charge in [-0.25, -0.2) is 0 Å². The van der Waals surface area contributed by atoms with Crippen LogP contribution in [0, 0.1) is 11.3 Å². The van der Waals surface area contributed by atoms with Gasteiger partial charge in [0.1, 0.15) is 11.6 Å². The van der Waals surface area contributed by atoms with E-state index < -0.39 is 5.54 Å². The third kappa shape index (κ3) is 3.99. The third-order valence-corrected chi connectivity index (χ3v) is 10.2. The molecule has 0 N–H and O–H groups in total. The van der Waals surface area contributed by atoms with E-state index in [1.165, 1.54) is 12.0 Å². The Morgan fingerprint density at radius 3 is 2.65 bits per heavy atom. The minimum absolute atomic E-state index is 0.132. The van der Waals surface area contributed by atoms with E-state index in [0.717, 1.165) is 84.3 Å². The van der Waals surface area contributed by atoms with E-state index in [-0.39, 0.29) is 23.9 Å². The number of allylic oxidation sites excluding steroid dienone is 3. The van der Waals surface area contributed by atoms with Crippen molar-refractivity contribution in [3.63, 3.8) is 0 Å². The smallest absolute Gasteiger partial charge is 0.249 e. The lowest BCUT2D eigenvalue weighted by Crippen LogP contribution is -2.72. The zero-order chi connectivity index (χ0) is 25.0. The van der Waals surface area contributed by atoms with Crippen LogP contribution in [0.25, 0.3) is 0 Å². The molecule has 0 aromatic heterocycles. The Labute approximate surface area is 221 Å². The first-order valence-electron chi connectivity index (χ1n) is 14.6. The van der Waals surface area contributed by atoms with Gasteiger partial charge in [-0.2, -0.15) is 0 Å². The first-order valence-corrected chi connectivity index (χ1v) is 14.6. The van der Waals surface area contributed by atoms with Gasteiger partial charge in [0.25, 0.3) is 0 Å². The summed E-state index contributed by atoms with van der Waals surface area (Å²) in [5, 5.41) is 0. The van der Waals surface area contributed by atoms with E-state index in [1.54, 1.807) is 0 Å². The van der Waals surface area contributed by atoms with Crippen molar-refractivity contribution in [2.24, 2.45) is 11.3 Å². The van der Waals surface area contributed by atoms with Gasteiger partial charge in [0, 0.05) is 50.7 Å². The quantitative estimate of drug-likeness (QED) is 0.622. The van der Waals surface area contributed by atoms with Crippen molar-refractivity contribution in [3.8, 4) is 0 Å². The molecule has 6 heteroatoms. The Morgan fingerprint density at radius 2 is 1.78 bits per heavy atom. The molecule has 1 spiro atoms. The van der Waals surface area contributed by atoms with E-state index in [9.17, 15) is 9.59 Å². The molecule has 5 fully saturated rings.